The van der Waals surface area contributed by atoms with Crippen LogP contribution in [0.15, 0.2) is 29.2 Å². The van der Waals surface area contributed by atoms with Gasteiger partial charge in [-0.05, 0) is 49.9 Å². The Hall–Kier alpha value is -1.68. The van der Waals surface area contributed by atoms with Gasteiger partial charge in [-0.15, -0.1) is 0 Å². The zero-order valence-electron chi connectivity index (χ0n) is 19.4. The van der Waals surface area contributed by atoms with Crippen LogP contribution in [0, 0.1) is 5.92 Å². The smallest absolute Gasteiger partial charge is 0.243 e. The molecule has 0 aromatic heterocycles. The minimum absolute atomic E-state index is 0.223. The monoisotopic (exact) mass is 479 g/mol. The van der Waals surface area contributed by atoms with Crippen LogP contribution in [0.3, 0.4) is 0 Å². The van der Waals surface area contributed by atoms with Crippen molar-refractivity contribution in [3.63, 3.8) is 0 Å². The molecule has 1 saturated carbocycles. The van der Waals surface area contributed by atoms with Crippen molar-refractivity contribution in [1.82, 2.24) is 14.5 Å². The van der Waals surface area contributed by atoms with Crippen LogP contribution in [0.2, 0.25) is 0 Å². The fourth-order valence-electron chi connectivity index (χ4n) is 4.92. The predicted molar refractivity (Wildman–Crippen MR) is 126 cm³/mol. The number of likely N-dealkylation sites (tertiary alicyclic amines) is 1. The number of amides is 1. The second-order valence-corrected chi connectivity index (χ2v) is 11.2. The second kappa shape index (κ2) is 11.6. The van der Waals surface area contributed by atoms with Crippen LogP contribution >= 0.6 is 0 Å². The van der Waals surface area contributed by atoms with Crippen molar-refractivity contribution in [3.8, 4) is 5.75 Å². The molecule has 0 unspecified atom stereocenters. The SMILES string of the molecule is O=C(NC1CCN(CCOc2ccc(S(=O)(=O)N3CCOCC3)cc2)CC1)C1CCCCC1. The Morgan fingerprint density at radius 2 is 1.64 bits per heavy atom. The summed E-state index contributed by atoms with van der Waals surface area (Å²) in [7, 11) is -3.48. The maximum absolute atomic E-state index is 12.7. The van der Waals surface area contributed by atoms with Crippen LogP contribution in [0.1, 0.15) is 44.9 Å². The van der Waals surface area contributed by atoms with Crippen molar-refractivity contribution in [2.24, 2.45) is 5.92 Å². The number of sulfonamides is 1. The third-order valence-corrected chi connectivity index (χ3v) is 8.93. The first-order valence-corrected chi connectivity index (χ1v) is 13.8. The molecular weight excluding hydrogens is 442 g/mol. The van der Waals surface area contributed by atoms with E-state index in [0.717, 1.165) is 45.3 Å². The Labute approximate surface area is 197 Å². The van der Waals surface area contributed by atoms with E-state index in [1.807, 2.05) is 0 Å². The summed E-state index contributed by atoms with van der Waals surface area (Å²) >= 11 is 0. The first-order valence-electron chi connectivity index (χ1n) is 12.4. The summed E-state index contributed by atoms with van der Waals surface area (Å²) in [5.41, 5.74) is 0. The average molecular weight is 480 g/mol. The highest BCUT2D eigenvalue weighted by Crippen LogP contribution is 2.24. The largest absolute Gasteiger partial charge is 0.492 e. The molecule has 8 nitrogen and oxygen atoms in total. The molecular formula is C24H37N3O5S. The molecule has 2 aliphatic heterocycles. The lowest BCUT2D eigenvalue weighted by molar-refractivity contribution is -0.127. The fourth-order valence-corrected chi connectivity index (χ4v) is 6.33. The average Bonchev–Trinajstić information content (AvgIpc) is 2.86. The molecule has 184 valence electrons. The summed E-state index contributed by atoms with van der Waals surface area (Å²) in [6, 6.07) is 6.96. The maximum atomic E-state index is 12.7. The van der Waals surface area contributed by atoms with Gasteiger partial charge in [-0.2, -0.15) is 4.31 Å². The molecule has 1 aliphatic carbocycles. The summed E-state index contributed by atoms with van der Waals surface area (Å²) in [5, 5.41) is 3.28. The van der Waals surface area contributed by atoms with Crippen molar-refractivity contribution in [3.05, 3.63) is 24.3 Å². The fraction of sp³-hybridized carbons (Fsp3) is 0.708. The number of hydrogen-bond donors (Lipinski definition) is 1. The number of benzene rings is 1. The Morgan fingerprint density at radius 3 is 2.30 bits per heavy atom. The van der Waals surface area contributed by atoms with Crippen LogP contribution in [0.25, 0.3) is 0 Å². The zero-order valence-corrected chi connectivity index (χ0v) is 20.2. The lowest BCUT2D eigenvalue weighted by atomic mass is 9.88. The van der Waals surface area contributed by atoms with E-state index in [0.29, 0.717) is 38.7 Å². The van der Waals surface area contributed by atoms with Crippen molar-refractivity contribution in [2.75, 3.05) is 52.5 Å². The minimum atomic E-state index is -3.48. The molecule has 33 heavy (non-hydrogen) atoms. The minimum Gasteiger partial charge on any atom is -0.492 e. The Bertz CT molecular complexity index is 857. The summed E-state index contributed by atoms with van der Waals surface area (Å²) in [5.74, 6) is 1.15. The number of ether oxygens (including phenoxy) is 2. The number of rotatable bonds is 8. The standard InChI is InChI=1S/C24H37N3O5S/c28-24(20-4-2-1-3-5-20)25-21-10-12-26(13-11-21)14-19-32-22-6-8-23(9-7-22)33(29,30)27-15-17-31-18-16-27/h6-9,20-21H,1-5,10-19H2,(H,25,28). The van der Waals surface area contributed by atoms with Crippen molar-refractivity contribution >= 4 is 15.9 Å². The molecule has 0 spiro atoms. The summed E-state index contributed by atoms with van der Waals surface area (Å²) in [6.45, 7) is 4.93. The Balaban J connectivity index is 1.15. The Kier molecular flexibility index (Phi) is 8.62. The number of carbonyl (C=O) groups excluding carboxylic acids is 1. The molecule has 3 aliphatic rings. The van der Waals surface area contributed by atoms with Crippen LogP contribution < -0.4 is 10.1 Å². The van der Waals surface area contributed by atoms with Gasteiger partial charge in [0, 0.05) is 44.7 Å². The van der Waals surface area contributed by atoms with Gasteiger partial charge in [0.1, 0.15) is 12.4 Å². The van der Waals surface area contributed by atoms with E-state index < -0.39 is 10.0 Å². The van der Waals surface area contributed by atoms with Crippen LogP contribution in [-0.4, -0.2) is 82.1 Å². The molecule has 4 rings (SSSR count). The van der Waals surface area contributed by atoms with Gasteiger partial charge < -0.3 is 14.8 Å². The third-order valence-electron chi connectivity index (χ3n) is 7.02. The van der Waals surface area contributed by atoms with E-state index in [9.17, 15) is 13.2 Å². The molecule has 1 aromatic carbocycles. The molecule has 1 N–H and O–H groups in total. The number of nitrogens with zero attached hydrogens (tertiary/aromatic N) is 2. The topological polar surface area (TPSA) is 88.2 Å². The third kappa shape index (κ3) is 6.68. The summed E-state index contributed by atoms with van der Waals surface area (Å²) < 4.78 is 38.0. The molecule has 0 bridgehead atoms. The normalized spacial score (nSPS) is 22.2. The van der Waals surface area contributed by atoms with Gasteiger partial charge in [0.25, 0.3) is 0 Å². The van der Waals surface area contributed by atoms with Gasteiger partial charge in [-0.3, -0.25) is 9.69 Å². The molecule has 3 fully saturated rings. The van der Waals surface area contributed by atoms with Crippen molar-refractivity contribution < 1.29 is 22.7 Å². The number of hydrogen-bond acceptors (Lipinski definition) is 6. The molecule has 0 atom stereocenters. The van der Waals surface area contributed by atoms with E-state index >= 15 is 0 Å². The number of carbonyl (C=O) groups is 1. The van der Waals surface area contributed by atoms with Crippen LogP contribution in [0.4, 0.5) is 0 Å². The molecule has 2 heterocycles. The van der Waals surface area contributed by atoms with Gasteiger partial charge in [0.05, 0.1) is 18.1 Å². The zero-order chi connectivity index (χ0) is 23.1. The van der Waals surface area contributed by atoms with E-state index in [1.54, 1.807) is 24.3 Å². The lowest BCUT2D eigenvalue weighted by Crippen LogP contribution is -2.47. The summed E-state index contributed by atoms with van der Waals surface area (Å²) in [6.07, 6.45) is 7.68. The van der Waals surface area contributed by atoms with Gasteiger partial charge in [-0.1, -0.05) is 19.3 Å². The highest BCUT2D eigenvalue weighted by atomic mass is 32.2. The quantitative estimate of drug-likeness (QED) is 0.615. The highest BCUT2D eigenvalue weighted by molar-refractivity contribution is 7.89. The lowest BCUT2D eigenvalue weighted by Gasteiger charge is -2.33. The maximum Gasteiger partial charge on any atom is 0.243 e. The molecule has 1 aromatic rings. The molecule has 9 heteroatoms. The predicted octanol–water partition coefficient (Wildman–Crippen LogP) is 2.25. The highest BCUT2D eigenvalue weighted by Gasteiger charge is 2.27. The van der Waals surface area contributed by atoms with E-state index in [1.165, 1.54) is 23.6 Å². The van der Waals surface area contributed by atoms with Gasteiger partial charge >= 0.3 is 0 Å². The molecule has 1 amide bonds. The van der Waals surface area contributed by atoms with Gasteiger partial charge in [0.2, 0.25) is 15.9 Å². The van der Waals surface area contributed by atoms with Crippen LogP contribution in [-0.2, 0) is 19.6 Å². The molecule has 0 radical (unpaired) electrons. The first-order chi connectivity index (χ1) is 16.0. The van der Waals surface area contributed by atoms with Crippen molar-refractivity contribution in [1.29, 1.82) is 0 Å². The molecule has 2 saturated heterocycles. The first kappa shape index (κ1) is 24.4. The van der Waals surface area contributed by atoms with Crippen LogP contribution in [0.5, 0.6) is 5.75 Å². The van der Waals surface area contributed by atoms with E-state index in [-0.39, 0.29) is 22.8 Å². The van der Waals surface area contributed by atoms with Crippen molar-refractivity contribution in [2.45, 2.75) is 55.9 Å². The number of piperidine rings is 1. The number of morpholine rings is 1. The van der Waals surface area contributed by atoms with E-state index in [4.69, 9.17) is 9.47 Å². The van der Waals surface area contributed by atoms with Gasteiger partial charge in [0.15, 0.2) is 0 Å². The summed E-state index contributed by atoms with van der Waals surface area (Å²) in [4.78, 5) is 15.1. The number of nitrogens with one attached hydrogen (secondary N) is 1. The second-order valence-electron chi connectivity index (χ2n) is 9.30. The Morgan fingerprint density at radius 1 is 0.970 bits per heavy atom. The van der Waals surface area contributed by atoms with E-state index in [2.05, 4.69) is 10.2 Å². The van der Waals surface area contributed by atoms with Gasteiger partial charge in [-0.25, -0.2) is 8.42 Å².